The second-order valence-electron chi connectivity index (χ2n) is 5.05. The van der Waals surface area contributed by atoms with Crippen molar-refractivity contribution < 1.29 is 8.78 Å². The van der Waals surface area contributed by atoms with E-state index in [2.05, 4.69) is 15.3 Å². The molecule has 1 N–H and O–H groups in total. The minimum absolute atomic E-state index is 0.184. The van der Waals surface area contributed by atoms with E-state index in [-0.39, 0.29) is 5.56 Å². The molecule has 0 bridgehead atoms. The summed E-state index contributed by atoms with van der Waals surface area (Å²) in [4.78, 5) is 8.91. The van der Waals surface area contributed by atoms with Crippen LogP contribution in [0.5, 0.6) is 0 Å². The first-order valence-electron chi connectivity index (χ1n) is 6.62. The average Bonchev–Trinajstić information content (AvgIpc) is 3.26. The average molecular weight is 275 g/mol. The summed E-state index contributed by atoms with van der Waals surface area (Å²) in [6.45, 7) is 1.81. The zero-order valence-electron chi connectivity index (χ0n) is 11.4. The lowest BCUT2D eigenvalue weighted by Crippen LogP contribution is -2.05. The van der Waals surface area contributed by atoms with Gasteiger partial charge in [-0.3, -0.25) is 0 Å². The number of hydrogen-bond donors (Lipinski definition) is 1. The molecule has 0 unspecified atom stereocenters. The molecular weight excluding hydrogens is 260 g/mol. The van der Waals surface area contributed by atoms with E-state index in [1.807, 2.05) is 6.92 Å². The van der Waals surface area contributed by atoms with Crippen molar-refractivity contribution in [2.24, 2.45) is 0 Å². The van der Waals surface area contributed by atoms with Crippen LogP contribution in [-0.4, -0.2) is 17.0 Å². The van der Waals surface area contributed by atoms with E-state index in [1.165, 1.54) is 6.07 Å². The van der Waals surface area contributed by atoms with Crippen molar-refractivity contribution in [1.29, 1.82) is 0 Å². The van der Waals surface area contributed by atoms with Gasteiger partial charge in [-0.15, -0.1) is 0 Å². The van der Waals surface area contributed by atoms with Gasteiger partial charge in [0.05, 0.1) is 5.69 Å². The van der Waals surface area contributed by atoms with Gasteiger partial charge in [0.15, 0.2) is 0 Å². The van der Waals surface area contributed by atoms with Gasteiger partial charge < -0.3 is 5.32 Å². The molecule has 2 aromatic rings. The summed E-state index contributed by atoms with van der Waals surface area (Å²) >= 11 is 0. The number of aromatic nitrogens is 2. The highest BCUT2D eigenvalue weighted by Crippen LogP contribution is 2.40. The Kier molecular flexibility index (Phi) is 3.12. The number of halogens is 2. The first-order chi connectivity index (χ1) is 9.60. The molecule has 3 nitrogen and oxygen atoms in total. The second kappa shape index (κ2) is 4.81. The van der Waals surface area contributed by atoms with Crippen LogP contribution >= 0.6 is 0 Å². The Hall–Kier alpha value is -2.04. The summed E-state index contributed by atoms with van der Waals surface area (Å²) in [5.41, 5.74) is 1.37. The summed E-state index contributed by atoms with van der Waals surface area (Å²) < 4.78 is 27.4. The van der Waals surface area contributed by atoms with Crippen LogP contribution in [0.3, 0.4) is 0 Å². The Balaban J connectivity index is 2.20. The van der Waals surface area contributed by atoms with E-state index in [0.29, 0.717) is 23.3 Å². The number of nitrogens with zero attached hydrogens (tertiary/aromatic N) is 2. The molecule has 0 amide bonds. The van der Waals surface area contributed by atoms with E-state index in [1.54, 1.807) is 7.05 Å². The topological polar surface area (TPSA) is 37.8 Å². The molecule has 1 saturated carbocycles. The van der Waals surface area contributed by atoms with Gasteiger partial charge in [-0.1, -0.05) is 0 Å². The SMILES string of the molecule is CNc1nc(C2CC2)nc(-c2cc(F)ccc2F)c1C. The predicted octanol–water partition coefficient (Wildman–Crippen LogP) is 3.65. The molecule has 1 heterocycles. The van der Waals surface area contributed by atoms with Crippen LogP contribution in [0.25, 0.3) is 11.3 Å². The highest BCUT2D eigenvalue weighted by molar-refractivity contribution is 5.68. The molecule has 20 heavy (non-hydrogen) atoms. The van der Waals surface area contributed by atoms with Crippen LogP contribution < -0.4 is 5.32 Å². The summed E-state index contributed by atoms with van der Waals surface area (Å²) in [5, 5.41) is 3.00. The van der Waals surface area contributed by atoms with Gasteiger partial charge >= 0.3 is 0 Å². The Morgan fingerprint density at radius 1 is 1.20 bits per heavy atom. The molecule has 1 aromatic carbocycles. The lowest BCUT2D eigenvalue weighted by atomic mass is 10.1. The minimum Gasteiger partial charge on any atom is -0.373 e. The lowest BCUT2D eigenvalue weighted by Gasteiger charge is -2.12. The van der Waals surface area contributed by atoms with E-state index >= 15 is 0 Å². The number of hydrogen-bond acceptors (Lipinski definition) is 3. The lowest BCUT2D eigenvalue weighted by molar-refractivity contribution is 0.602. The van der Waals surface area contributed by atoms with Crippen molar-refractivity contribution in [3.63, 3.8) is 0 Å². The summed E-state index contributed by atoms with van der Waals surface area (Å²) in [6, 6.07) is 3.42. The van der Waals surface area contributed by atoms with Gasteiger partial charge in [-0.05, 0) is 38.0 Å². The molecule has 0 aliphatic heterocycles. The van der Waals surface area contributed by atoms with E-state index in [4.69, 9.17) is 0 Å². The smallest absolute Gasteiger partial charge is 0.134 e. The first kappa shape index (κ1) is 13.0. The third kappa shape index (κ3) is 2.24. The molecule has 1 aliphatic rings. The highest BCUT2D eigenvalue weighted by atomic mass is 19.1. The highest BCUT2D eigenvalue weighted by Gasteiger charge is 2.28. The first-order valence-corrected chi connectivity index (χ1v) is 6.62. The third-order valence-electron chi connectivity index (χ3n) is 3.53. The van der Waals surface area contributed by atoms with Gasteiger partial charge in [0.25, 0.3) is 0 Å². The van der Waals surface area contributed by atoms with Crippen LogP contribution in [0.4, 0.5) is 14.6 Å². The molecule has 3 rings (SSSR count). The fraction of sp³-hybridized carbons (Fsp3) is 0.333. The van der Waals surface area contributed by atoms with Crippen LogP contribution in [0.1, 0.15) is 30.1 Å². The molecule has 1 fully saturated rings. The number of benzene rings is 1. The number of rotatable bonds is 3. The van der Waals surface area contributed by atoms with Crippen molar-refractivity contribution in [2.75, 3.05) is 12.4 Å². The van der Waals surface area contributed by atoms with Crippen molar-refractivity contribution in [3.8, 4) is 11.3 Å². The molecule has 0 spiro atoms. The zero-order chi connectivity index (χ0) is 14.3. The maximum absolute atomic E-state index is 14.0. The monoisotopic (exact) mass is 275 g/mol. The van der Waals surface area contributed by atoms with E-state index < -0.39 is 11.6 Å². The standard InChI is InChI=1S/C15H15F2N3/c1-8-13(11-7-10(16)5-6-12(11)17)19-15(9-3-4-9)20-14(8)18-2/h5-7,9H,3-4H2,1-2H3,(H,18,19,20). The summed E-state index contributed by atoms with van der Waals surface area (Å²) in [7, 11) is 1.76. The van der Waals surface area contributed by atoms with E-state index in [0.717, 1.165) is 30.5 Å². The van der Waals surface area contributed by atoms with Crippen LogP contribution in [-0.2, 0) is 0 Å². The minimum atomic E-state index is -0.475. The van der Waals surface area contributed by atoms with Gasteiger partial charge in [0.2, 0.25) is 0 Å². The van der Waals surface area contributed by atoms with Gasteiger partial charge in [0.1, 0.15) is 23.3 Å². The predicted molar refractivity (Wildman–Crippen MR) is 73.6 cm³/mol. The molecule has 1 aromatic heterocycles. The molecule has 0 saturated heterocycles. The Morgan fingerprint density at radius 3 is 2.60 bits per heavy atom. The Labute approximate surface area is 116 Å². The quantitative estimate of drug-likeness (QED) is 0.929. The summed E-state index contributed by atoms with van der Waals surface area (Å²) in [5.74, 6) is 0.771. The molecule has 1 aliphatic carbocycles. The molecule has 104 valence electrons. The van der Waals surface area contributed by atoms with Gasteiger partial charge in [0, 0.05) is 24.1 Å². The fourth-order valence-electron chi connectivity index (χ4n) is 2.24. The van der Waals surface area contributed by atoms with Crippen molar-refractivity contribution in [1.82, 2.24) is 9.97 Å². The normalized spacial score (nSPS) is 14.4. The Morgan fingerprint density at radius 2 is 1.95 bits per heavy atom. The molecule has 0 atom stereocenters. The van der Waals surface area contributed by atoms with Crippen LogP contribution in [0.15, 0.2) is 18.2 Å². The molecular formula is C15H15F2N3. The molecule has 5 heteroatoms. The fourth-order valence-corrected chi connectivity index (χ4v) is 2.24. The maximum atomic E-state index is 14.0. The Bertz CT molecular complexity index is 666. The molecule has 0 radical (unpaired) electrons. The van der Waals surface area contributed by atoms with Gasteiger partial charge in [-0.2, -0.15) is 0 Å². The third-order valence-corrected chi connectivity index (χ3v) is 3.53. The van der Waals surface area contributed by atoms with Gasteiger partial charge in [-0.25, -0.2) is 18.7 Å². The zero-order valence-corrected chi connectivity index (χ0v) is 11.4. The van der Waals surface area contributed by atoms with Crippen LogP contribution in [0, 0.1) is 18.6 Å². The number of nitrogens with one attached hydrogen (secondary N) is 1. The van der Waals surface area contributed by atoms with Crippen molar-refractivity contribution in [2.45, 2.75) is 25.7 Å². The maximum Gasteiger partial charge on any atom is 0.134 e. The van der Waals surface area contributed by atoms with Crippen LogP contribution in [0.2, 0.25) is 0 Å². The van der Waals surface area contributed by atoms with E-state index in [9.17, 15) is 8.78 Å². The summed E-state index contributed by atoms with van der Waals surface area (Å²) in [6.07, 6.45) is 2.11. The van der Waals surface area contributed by atoms with Crippen molar-refractivity contribution >= 4 is 5.82 Å². The number of anilines is 1. The van der Waals surface area contributed by atoms with Crippen molar-refractivity contribution in [3.05, 3.63) is 41.2 Å². The largest absolute Gasteiger partial charge is 0.373 e. The second-order valence-corrected chi connectivity index (χ2v) is 5.05.